The molecule has 0 spiro atoms. The zero-order chi connectivity index (χ0) is 21.1. The Morgan fingerprint density at radius 3 is 2.41 bits per heavy atom. The van der Waals surface area contributed by atoms with Crippen LogP contribution in [0.3, 0.4) is 0 Å². The molecule has 3 rings (SSSR count). The molecular formula is C22H18Cl3NO3. The number of nitrogens with zero attached hydrogens (tertiary/aromatic N) is 1. The maximum Gasteiger partial charge on any atom is 0.344 e. The van der Waals surface area contributed by atoms with Crippen LogP contribution in [-0.2, 0) is 17.7 Å². The van der Waals surface area contributed by atoms with E-state index in [-0.39, 0.29) is 5.56 Å². The Balaban J connectivity index is 2.29. The second-order valence-corrected chi connectivity index (χ2v) is 7.65. The SMILES string of the molecule is CCn1c(Cc2cccc(Cl)c2)cc(=O)c(C(=O)OC)c1-c1ccc(Cl)c(Cl)c1. The molecule has 4 nitrogen and oxygen atoms in total. The first-order valence-corrected chi connectivity index (χ1v) is 10.0. The molecule has 0 saturated carbocycles. The van der Waals surface area contributed by atoms with Gasteiger partial charge >= 0.3 is 5.97 Å². The number of carbonyl (C=O) groups excluding carboxylic acids is 1. The number of esters is 1. The van der Waals surface area contributed by atoms with Gasteiger partial charge in [0.15, 0.2) is 5.43 Å². The average Bonchev–Trinajstić information content (AvgIpc) is 2.69. The fraction of sp³-hybridized carbons (Fsp3) is 0.182. The number of pyridine rings is 1. The van der Waals surface area contributed by atoms with Crippen LogP contribution in [0.1, 0.15) is 28.5 Å². The molecule has 2 aromatic carbocycles. The van der Waals surface area contributed by atoms with Gasteiger partial charge in [-0.3, -0.25) is 4.79 Å². The number of hydrogen-bond acceptors (Lipinski definition) is 3. The van der Waals surface area contributed by atoms with Crippen molar-refractivity contribution in [2.45, 2.75) is 19.9 Å². The molecule has 0 aliphatic heterocycles. The van der Waals surface area contributed by atoms with Gasteiger partial charge in [0.25, 0.3) is 0 Å². The maximum absolute atomic E-state index is 12.9. The molecule has 7 heteroatoms. The molecule has 0 aliphatic rings. The smallest absolute Gasteiger partial charge is 0.344 e. The quantitative estimate of drug-likeness (QED) is 0.457. The van der Waals surface area contributed by atoms with E-state index in [1.807, 2.05) is 29.7 Å². The van der Waals surface area contributed by atoms with Crippen molar-refractivity contribution in [2.24, 2.45) is 0 Å². The Labute approximate surface area is 183 Å². The normalized spacial score (nSPS) is 10.8. The second kappa shape index (κ2) is 9.04. The minimum atomic E-state index is -0.701. The number of rotatable bonds is 5. The second-order valence-electron chi connectivity index (χ2n) is 6.39. The number of hydrogen-bond donors (Lipinski definition) is 0. The van der Waals surface area contributed by atoms with Gasteiger partial charge < -0.3 is 9.30 Å². The summed E-state index contributed by atoms with van der Waals surface area (Å²) >= 11 is 18.4. The Morgan fingerprint density at radius 1 is 1.03 bits per heavy atom. The largest absolute Gasteiger partial charge is 0.465 e. The van der Waals surface area contributed by atoms with E-state index in [0.717, 1.165) is 11.3 Å². The number of carbonyl (C=O) groups is 1. The lowest BCUT2D eigenvalue weighted by Crippen LogP contribution is -2.24. The lowest BCUT2D eigenvalue weighted by molar-refractivity contribution is 0.0599. The van der Waals surface area contributed by atoms with Crippen molar-refractivity contribution >= 4 is 40.8 Å². The molecule has 0 fully saturated rings. The molecule has 0 saturated heterocycles. The summed E-state index contributed by atoms with van der Waals surface area (Å²) in [6.45, 7) is 2.46. The summed E-state index contributed by atoms with van der Waals surface area (Å²) in [6.07, 6.45) is 0.472. The van der Waals surface area contributed by atoms with Gasteiger partial charge in [0.05, 0.1) is 22.8 Å². The Kier molecular flexibility index (Phi) is 6.68. The van der Waals surface area contributed by atoms with Crippen molar-refractivity contribution in [2.75, 3.05) is 7.11 Å². The third-order valence-corrected chi connectivity index (χ3v) is 5.54. The Morgan fingerprint density at radius 2 is 1.79 bits per heavy atom. The highest BCUT2D eigenvalue weighted by molar-refractivity contribution is 6.42. The van der Waals surface area contributed by atoms with E-state index in [1.165, 1.54) is 13.2 Å². The summed E-state index contributed by atoms with van der Waals surface area (Å²) < 4.78 is 6.79. The number of aromatic nitrogens is 1. The molecule has 3 aromatic rings. The van der Waals surface area contributed by atoms with Gasteiger partial charge in [-0.05, 0) is 36.8 Å². The first kappa shape index (κ1) is 21.4. The van der Waals surface area contributed by atoms with Crippen LogP contribution in [0.2, 0.25) is 15.1 Å². The lowest BCUT2D eigenvalue weighted by atomic mass is 10.0. The molecule has 0 atom stereocenters. The van der Waals surface area contributed by atoms with Crippen LogP contribution in [0.4, 0.5) is 0 Å². The van der Waals surface area contributed by atoms with E-state index in [2.05, 4.69) is 0 Å². The monoisotopic (exact) mass is 449 g/mol. The fourth-order valence-electron chi connectivity index (χ4n) is 3.30. The van der Waals surface area contributed by atoms with Crippen LogP contribution in [-0.4, -0.2) is 17.6 Å². The predicted octanol–water partition coefficient (Wildman–Crippen LogP) is 5.87. The van der Waals surface area contributed by atoms with E-state index in [4.69, 9.17) is 39.5 Å². The Hall–Kier alpha value is -2.27. The van der Waals surface area contributed by atoms with Crippen LogP contribution in [0, 0.1) is 0 Å². The van der Waals surface area contributed by atoms with Gasteiger partial charge in [-0.2, -0.15) is 0 Å². The summed E-state index contributed by atoms with van der Waals surface area (Å²) in [5.41, 5.74) is 2.29. The topological polar surface area (TPSA) is 48.3 Å². The van der Waals surface area contributed by atoms with Gasteiger partial charge in [-0.25, -0.2) is 4.79 Å². The van der Waals surface area contributed by atoms with Gasteiger partial charge in [0.2, 0.25) is 0 Å². The lowest BCUT2D eigenvalue weighted by Gasteiger charge is -2.20. The van der Waals surface area contributed by atoms with Crippen molar-refractivity contribution in [3.63, 3.8) is 0 Å². The van der Waals surface area contributed by atoms with E-state index in [0.29, 0.717) is 39.3 Å². The van der Waals surface area contributed by atoms with Crippen LogP contribution in [0.5, 0.6) is 0 Å². The van der Waals surface area contributed by atoms with Crippen molar-refractivity contribution in [3.8, 4) is 11.3 Å². The van der Waals surface area contributed by atoms with E-state index in [1.54, 1.807) is 24.3 Å². The number of benzene rings is 2. The van der Waals surface area contributed by atoms with Gasteiger partial charge in [0, 0.05) is 35.3 Å². The van der Waals surface area contributed by atoms with E-state index >= 15 is 0 Å². The van der Waals surface area contributed by atoms with Gasteiger partial charge in [-0.15, -0.1) is 0 Å². The molecule has 1 heterocycles. The third-order valence-electron chi connectivity index (χ3n) is 4.57. The predicted molar refractivity (Wildman–Crippen MR) is 117 cm³/mol. The minimum Gasteiger partial charge on any atom is -0.465 e. The summed E-state index contributed by atoms with van der Waals surface area (Å²) in [5, 5.41) is 1.33. The summed E-state index contributed by atoms with van der Waals surface area (Å²) in [7, 11) is 1.25. The summed E-state index contributed by atoms with van der Waals surface area (Å²) in [5.74, 6) is -0.701. The van der Waals surface area contributed by atoms with E-state index in [9.17, 15) is 9.59 Å². The average molecular weight is 451 g/mol. The Bertz CT molecular complexity index is 1140. The highest BCUT2D eigenvalue weighted by Crippen LogP contribution is 2.31. The fourth-order valence-corrected chi connectivity index (χ4v) is 3.81. The maximum atomic E-state index is 12.9. The van der Waals surface area contributed by atoms with Crippen LogP contribution < -0.4 is 5.43 Å². The molecule has 150 valence electrons. The number of halogens is 3. The molecule has 1 aromatic heterocycles. The highest BCUT2D eigenvalue weighted by Gasteiger charge is 2.23. The molecule has 0 bridgehead atoms. The van der Waals surface area contributed by atoms with Crippen molar-refractivity contribution in [3.05, 3.63) is 90.6 Å². The number of ether oxygens (including phenoxy) is 1. The van der Waals surface area contributed by atoms with Crippen molar-refractivity contribution in [1.82, 2.24) is 4.57 Å². The molecular weight excluding hydrogens is 433 g/mol. The van der Waals surface area contributed by atoms with Crippen LogP contribution >= 0.6 is 34.8 Å². The first-order chi connectivity index (χ1) is 13.8. The molecule has 0 N–H and O–H groups in total. The molecule has 29 heavy (non-hydrogen) atoms. The molecule has 0 radical (unpaired) electrons. The molecule has 0 amide bonds. The zero-order valence-corrected chi connectivity index (χ0v) is 18.1. The first-order valence-electron chi connectivity index (χ1n) is 8.90. The number of methoxy groups -OCH3 is 1. The summed E-state index contributed by atoms with van der Waals surface area (Å²) in [6, 6.07) is 13.9. The molecule has 0 unspecified atom stereocenters. The van der Waals surface area contributed by atoms with E-state index < -0.39 is 11.4 Å². The standard InChI is InChI=1S/C22H18Cl3NO3/c1-3-26-16(10-13-5-4-6-15(23)9-13)12-19(27)20(22(28)29-2)21(26)14-7-8-17(24)18(25)11-14/h4-9,11-12H,3,10H2,1-2H3. The zero-order valence-electron chi connectivity index (χ0n) is 15.8. The van der Waals surface area contributed by atoms with Crippen LogP contribution in [0.15, 0.2) is 53.3 Å². The van der Waals surface area contributed by atoms with Gasteiger partial charge in [-0.1, -0.05) is 53.0 Å². The third kappa shape index (κ3) is 4.50. The highest BCUT2D eigenvalue weighted by atomic mass is 35.5. The molecule has 0 aliphatic carbocycles. The summed E-state index contributed by atoms with van der Waals surface area (Å²) in [4.78, 5) is 25.4. The van der Waals surface area contributed by atoms with Gasteiger partial charge in [0.1, 0.15) is 5.56 Å². The van der Waals surface area contributed by atoms with Crippen LogP contribution in [0.25, 0.3) is 11.3 Å². The van der Waals surface area contributed by atoms with Crippen molar-refractivity contribution in [1.29, 1.82) is 0 Å². The van der Waals surface area contributed by atoms with Crippen molar-refractivity contribution < 1.29 is 9.53 Å². The minimum absolute atomic E-state index is 0.0393.